The van der Waals surface area contributed by atoms with Gasteiger partial charge in [-0.05, 0) is 28.8 Å². The Labute approximate surface area is 146 Å². The van der Waals surface area contributed by atoms with Crippen molar-refractivity contribution in [1.29, 1.82) is 0 Å². The van der Waals surface area contributed by atoms with Crippen LogP contribution in [0.5, 0.6) is 0 Å². The van der Waals surface area contributed by atoms with Gasteiger partial charge in [-0.3, -0.25) is 9.69 Å². The fourth-order valence-electron chi connectivity index (χ4n) is 2.93. The molecule has 0 saturated carbocycles. The minimum Gasteiger partial charge on any atom is -0.481 e. The van der Waals surface area contributed by atoms with Crippen molar-refractivity contribution < 1.29 is 14.7 Å². The number of carbonyl (C=O) groups excluding carboxylic acids is 1. The monoisotopic (exact) mass is 339 g/mol. The largest absolute Gasteiger partial charge is 0.481 e. The average molecular weight is 339 g/mol. The summed E-state index contributed by atoms with van der Waals surface area (Å²) in [6, 6.07) is 15.8. The van der Waals surface area contributed by atoms with Crippen molar-refractivity contribution in [3.05, 3.63) is 54.1 Å². The van der Waals surface area contributed by atoms with Gasteiger partial charge < -0.3 is 15.7 Å². The minimum atomic E-state index is -0.892. The van der Waals surface area contributed by atoms with Gasteiger partial charge in [0.15, 0.2) is 0 Å². The quantitative estimate of drug-likeness (QED) is 0.847. The molecule has 0 atom stereocenters. The number of hydrogen-bond donors (Lipinski definition) is 2. The fraction of sp³-hybridized carbons (Fsp3) is 0.263. The molecule has 0 bridgehead atoms. The Morgan fingerprint density at radius 1 is 1.00 bits per heavy atom. The van der Waals surface area contributed by atoms with E-state index in [2.05, 4.69) is 0 Å². The van der Waals surface area contributed by atoms with Crippen LogP contribution in [0.2, 0.25) is 0 Å². The summed E-state index contributed by atoms with van der Waals surface area (Å²) < 4.78 is 0. The molecule has 2 aromatic carbocycles. The third kappa shape index (κ3) is 3.80. The molecule has 1 fully saturated rings. The molecule has 3 rings (SSSR count). The van der Waals surface area contributed by atoms with Crippen molar-refractivity contribution >= 4 is 17.7 Å². The molecular formula is C19H21N3O3. The summed E-state index contributed by atoms with van der Waals surface area (Å²) in [6.07, 6.45) is -0.0304. The van der Waals surface area contributed by atoms with E-state index < -0.39 is 5.97 Å². The highest BCUT2D eigenvalue weighted by Crippen LogP contribution is 2.25. The van der Waals surface area contributed by atoms with E-state index in [1.807, 2.05) is 48.5 Å². The van der Waals surface area contributed by atoms with E-state index in [-0.39, 0.29) is 19.0 Å². The molecular weight excluding hydrogens is 318 g/mol. The molecule has 1 aliphatic rings. The molecule has 3 N–H and O–H groups in total. The van der Waals surface area contributed by atoms with Crippen LogP contribution in [0.25, 0.3) is 11.1 Å². The number of anilines is 1. The summed E-state index contributed by atoms with van der Waals surface area (Å²) in [6.45, 7) is 1.89. The first-order valence-electron chi connectivity index (χ1n) is 8.26. The molecule has 1 saturated heterocycles. The molecule has 6 heteroatoms. The zero-order valence-electron chi connectivity index (χ0n) is 13.9. The Bertz CT molecular complexity index is 756. The van der Waals surface area contributed by atoms with Gasteiger partial charge in [0.1, 0.15) is 0 Å². The smallest absolute Gasteiger partial charge is 0.324 e. The van der Waals surface area contributed by atoms with Crippen LogP contribution in [0.4, 0.5) is 10.5 Å². The van der Waals surface area contributed by atoms with Crippen molar-refractivity contribution in [1.82, 2.24) is 4.90 Å². The summed E-state index contributed by atoms with van der Waals surface area (Å²) in [4.78, 5) is 26.3. The maximum Gasteiger partial charge on any atom is 0.324 e. The van der Waals surface area contributed by atoms with Crippen LogP contribution in [0.3, 0.4) is 0 Å². The van der Waals surface area contributed by atoms with E-state index >= 15 is 0 Å². The molecule has 0 aliphatic carbocycles. The van der Waals surface area contributed by atoms with E-state index in [1.54, 1.807) is 9.80 Å². The molecule has 0 unspecified atom stereocenters. The molecule has 1 heterocycles. The van der Waals surface area contributed by atoms with Crippen molar-refractivity contribution in [2.75, 3.05) is 24.5 Å². The number of carboxylic acids is 1. The van der Waals surface area contributed by atoms with Gasteiger partial charge >= 0.3 is 12.0 Å². The predicted octanol–water partition coefficient (Wildman–Crippen LogP) is 2.53. The topological polar surface area (TPSA) is 86.9 Å². The average Bonchev–Trinajstić information content (AvgIpc) is 3.01. The van der Waals surface area contributed by atoms with E-state index in [4.69, 9.17) is 10.8 Å². The van der Waals surface area contributed by atoms with E-state index in [0.717, 1.165) is 22.4 Å². The maximum atomic E-state index is 12.4. The van der Waals surface area contributed by atoms with Gasteiger partial charge in [-0.25, -0.2) is 4.79 Å². The van der Waals surface area contributed by atoms with Crippen LogP contribution in [0, 0.1) is 0 Å². The molecule has 6 nitrogen and oxygen atoms in total. The Morgan fingerprint density at radius 2 is 1.60 bits per heavy atom. The first-order chi connectivity index (χ1) is 12.1. The number of urea groups is 1. The van der Waals surface area contributed by atoms with Crippen molar-refractivity contribution in [2.24, 2.45) is 5.73 Å². The molecule has 0 radical (unpaired) electrons. The SMILES string of the molecule is NCc1ccc(-c2ccc(N3CCN(CCC(=O)O)C3=O)cc2)cc1. The van der Waals surface area contributed by atoms with Crippen molar-refractivity contribution in [3.8, 4) is 11.1 Å². The van der Waals surface area contributed by atoms with Crippen LogP contribution in [-0.4, -0.2) is 41.6 Å². The molecule has 1 aliphatic heterocycles. The van der Waals surface area contributed by atoms with Gasteiger partial charge in [0.2, 0.25) is 0 Å². The van der Waals surface area contributed by atoms with E-state index in [9.17, 15) is 9.59 Å². The molecule has 0 aromatic heterocycles. The van der Waals surface area contributed by atoms with Gasteiger partial charge in [-0.1, -0.05) is 36.4 Å². The highest BCUT2D eigenvalue weighted by atomic mass is 16.4. The summed E-state index contributed by atoms with van der Waals surface area (Å²) in [5, 5.41) is 8.76. The first kappa shape index (κ1) is 17.0. The molecule has 2 aromatic rings. The second kappa shape index (κ2) is 7.36. The van der Waals surface area contributed by atoms with Crippen LogP contribution < -0.4 is 10.6 Å². The number of carboxylic acid groups (broad SMARTS) is 1. The fourth-order valence-corrected chi connectivity index (χ4v) is 2.93. The van der Waals surface area contributed by atoms with Crippen molar-refractivity contribution in [2.45, 2.75) is 13.0 Å². The highest BCUT2D eigenvalue weighted by molar-refractivity contribution is 5.94. The number of rotatable bonds is 6. The predicted molar refractivity (Wildman–Crippen MR) is 96.3 cm³/mol. The lowest BCUT2D eigenvalue weighted by Crippen LogP contribution is -2.33. The lowest BCUT2D eigenvalue weighted by molar-refractivity contribution is -0.137. The van der Waals surface area contributed by atoms with Crippen molar-refractivity contribution in [3.63, 3.8) is 0 Å². The second-order valence-corrected chi connectivity index (χ2v) is 6.01. The number of nitrogens with zero attached hydrogens (tertiary/aromatic N) is 2. The lowest BCUT2D eigenvalue weighted by Gasteiger charge is -2.18. The van der Waals surface area contributed by atoms with E-state index in [0.29, 0.717) is 19.6 Å². The molecule has 2 amide bonds. The van der Waals surface area contributed by atoms with Crippen LogP contribution in [-0.2, 0) is 11.3 Å². The normalized spacial score (nSPS) is 14.2. The summed E-state index contributed by atoms with van der Waals surface area (Å²) in [7, 11) is 0. The molecule has 130 valence electrons. The van der Waals surface area contributed by atoms with Gasteiger partial charge in [-0.15, -0.1) is 0 Å². The second-order valence-electron chi connectivity index (χ2n) is 6.01. The maximum absolute atomic E-state index is 12.4. The molecule has 0 spiro atoms. The van der Waals surface area contributed by atoms with Crippen LogP contribution >= 0.6 is 0 Å². The van der Waals surface area contributed by atoms with Gasteiger partial charge in [0, 0.05) is 31.9 Å². The highest BCUT2D eigenvalue weighted by Gasteiger charge is 2.29. The van der Waals surface area contributed by atoms with Gasteiger partial charge in [0.25, 0.3) is 0 Å². The summed E-state index contributed by atoms with van der Waals surface area (Å²) in [5.41, 5.74) is 9.70. The number of aliphatic carboxylic acids is 1. The third-order valence-electron chi connectivity index (χ3n) is 4.39. The Kier molecular flexibility index (Phi) is 5.00. The number of amides is 2. The Balaban J connectivity index is 1.70. The Hall–Kier alpha value is -2.86. The van der Waals surface area contributed by atoms with Crippen LogP contribution in [0.15, 0.2) is 48.5 Å². The zero-order chi connectivity index (χ0) is 17.8. The number of hydrogen-bond acceptors (Lipinski definition) is 3. The van der Waals surface area contributed by atoms with Gasteiger partial charge in [-0.2, -0.15) is 0 Å². The zero-order valence-corrected chi connectivity index (χ0v) is 13.9. The third-order valence-corrected chi connectivity index (χ3v) is 4.39. The lowest BCUT2D eigenvalue weighted by atomic mass is 10.0. The minimum absolute atomic E-state index is 0.0304. The van der Waals surface area contributed by atoms with Crippen LogP contribution in [0.1, 0.15) is 12.0 Å². The number of nitrogens with two attached hydrogens (primary N) is 1. The first-order valence-corrected chi connectivity index (χ1v) is 8.26. The summed E-state index contributed by atoms with van der Waals surface area (Å²) >= 11 is 0. The number of benzene rings is 2. The van der Waals surface area contributed by atoms with E-state index in [1.165, 1.54) is 0 Å². The number of carbonyl (C=O) groups is 2. The summed E-state index contributed by atoms with van der Waals surface area (Å²) in [5.74, 6) is -0.892. The molecule has 25 heavy (non-hydrogen) atoms. The van der Waals surface area contributed by atoms with Gasteiger partial charge in [0.05, 0.1) is 6.42 Å². The Morgan fingerprint density at radius 3 is 2.16 bits per heavy atom. The standard InChI is InChI=1S/C19H21N3O3/c20-13-14-1-3-15(4-2-14)16-5-7-17(8-6-16)22-12-11-21(19(22)25)10-9-18(23)24/h1-8H,9-13,20H2,(H,23,24).